The molecule has 2 aliphatic heterocycles. The number of aryl methyl sites for hydroxylation is 1. The Morgan fingerprint density at radius 2 is 1.85 bits per heavy atom. The molecule has 2 aliphatic rings. The lowest BCUT2D eigenvalue weighted by Crippen LogP contribution is -2.36. The third-order valence-corrected chi connectivity index (χ3v) is 6.97. The van der Waals surface area contributed by atoms with E-state index in [1.807, 2.05) is 6.20 Å². The van der Waals surface area contributed by atoms with Crippen LogP contribution in [0.1, 0.15) is 23.2 Å². The number of benzene rings is 2. The summed E-state index contributed by atoms with van der Waals surface area (Å²) in [5, 5.41) is -0.151. The van der Waals surface area contributed by atoms with Crippen molar-refractivity contribution in [3.63, 3.8) is 0 Å². The third-order valence-electron chi connectivity index (χ3n) is 6.56. The second-order valence-corrected chi connectivity index (χ2v) is 8.97. The largest absolute Gasteiger partial charge is 0.378 e. The summed E-state index contributed by atoms with van der Waals surface area (Å²) in [6.07, 6.45) is 3.70. The van der Waals surface area contributed by atoms with Crippen molar-refractivity contribution in [1.82, 2.24) is 4.98 Å². The maximum absolute atomic E-state index is 14.5. The van der Waals surface area contributed by atoms with Crippen molar-refractivity contribution >= 4 is 23.0 Å². The smallest absolute Gasteiger partial charge is 0.142 e. The van der Waals surface area contributed by atoms with Gasteiger partial charge in [0.05, 0.1) is 29.6 Å². The molecule has 2 aromatic carbocycles. The molecule has 7 heteroatoms. The number of ether oxygens (including phenoxy) is 1. The molecule has 33 heavy (non-hydrogen) atoms. The molecule has 0 bridgehead atoms. The third kappa shape index (κ3) is 4.30. The summed E-state index contributed by atoms with van der Waals surface area (Å²) in [7, 11) is 0. The summed E-state index contributed by atoms with van der Waals surface area (Å²) in [4.78, 5) is 9.19. The van der Waals surface area contributed by atoms with Crippen LogP contribution in [0.25, 0.3) is 11.1 Å². The highest BCUT2D eigenvalue weighted by atomic mass is 35.5. The quantitative estimate of drug-likeness (QED) is 0.453. The first-order valence-electron chi connectivity index (χ1n) is 11.3. The van der Waals surface area contributed by atoms with Gasteiger partial charge in [-0.1, -0.05) is 23.7 Å². The van der Waals surface area contributed by atoms with Gasteiger partial charge in [-0.05, 0) is 55.2 Å². The van der Waals surface area contributed by atoms with Gasteiger partial charge >= 0.3 is 0 Å². The van der Waals surface area contributed by atoms with Gasteiger partial charge in [0.25, 0.3) is 0 Å². The van der Waals surface area contributed by atoms with Gasteiger partial charge in [-0.3, -0.25) is 4.98 Å². The zero-order valence-corrected chi connectivity index (χ0v) is 19.3. The van der Waals surface area contributed by atoms with Crippen molar-refractivity contribution in [2.24, 2.45) is 0 Å². The van der Waals surface area contributed by atoms with Crippen LogP contribution in [0.4, 0.5) is 20.2 Å². The number of pyridine rings is 1. The Morgan fingerprint density at radius 1 is 1.06 bits per heavy atom. The Bertz CT molecular complexity index is 1180. The number of morpholine rings is 1. The number of halogens is 3. The van der Waals surface area contributed by atoms with Gasteiger partial charge in [-0.15, -0.1) is 0 Å². The number of aromatic nitrogens is 1. The summed E-state index contributed by atoms with van der Waals surface area (Å²) in [6, 6.07) is 10.7. The van der Waals surface area contributed by atoms with Gasteiger partial charge in [0.2, 0.25) is 0 Å². The standard InChI is InChI=1S/C26H26ClF2N3O/c1-17-20(18-4-2-5-19(14-18)31-10-12-33-13-11-31)15-30-24-6-3-9-32(26(17)24)16-21-22(28)7-8-23(29)25(21)27/h2,4-5,7-8,14-15H,3,6,9-13,16H2,1H3. The molecule has 0 spiro atoms. The fraction of sp³-hybridized carbons (Fsp3) is 0.346. The number of hydrogen-bond acceptors (Lipinski definition) is 4. The number of anilines is 2. The molecule has 1 aromatic heterocycles. The lowest BCUT2D eigenvalue weighted by atomic mass is 9.95. The van der Waals surface area contributed by atoms with Crippen molar-refractivity contribution in [2.75, 3.05) is 42.6 Å². The average Bonchev–Trinajstić information content (AvgIpc) is 2.85. The molecule has 5 rings (SSSR count). The predicted molar refractivity (Wildman–Crippen MR) is 128 cm³/mol. The molecule has 4 nitrogen and oxygen atoms in total. The molecule has 1 saturated heterocycles. The van der Waals surface area contributed by atoms with Crippen molar-refractivity contribution < 1.29 is 13.5 Å². The van der Waals surface area contributed by atoms with Crippen LogP contribution in [-0.4, -0.2) is 37.8 Å². The van der Waals surface area contributed by atoms with Crippen LogP contribution >= 0.6 is 11.6 Å². The minimum absolute atomic E-state index is 0.151. The minimum Gasteiger partial charge on any atom is -0.378 e. The van der Waals surface area contributed by atoms with Gasteiger partial charge < -0.3 is 14.5 Å². The van der Waals surface area contributed by atoms with Crippen LogP contribution in [0.3, 0.4) is 0 Å². The minimum atomic E-state index is -0.603. The molecule has 0 amide bonds. The number of hydrogen-bond donors (Lipinski definition) is 0. The van der Waals surface area contributed by atoms with Gasteiger partial charge in [0, 0.05) is 49.2 Å². The highest BCUT2D eigenvalue weighted by molar-refractivity contribution is 6.31. The second-order valence-electron chi connectivity index (χ2n) is 8.59. The zero-order chi connectivity index (χ0) is 22.9. The molecule has 1 fully saturated rings. The Hall–Kier alpha value is -2.70. The fourth-order valence-corrected chi connectivity index (χ4v) is 5.05. The highest BCUT2D eigenvalue weighted by Crippen LogP contribution is 2.38. The van der Waals surface area contributed by atoms with Crippen molar-refractivity contribution in [3.8, 4) is 11.1 Å². The summed E-state index contributed by atoms with van der Waals surface area (Å²) in [5.74, 6) is -1.10. The molecule has 0 aliphatic carbocycles. The molecule has 172 valence electrons. The van der Waals surface area contributed by atoms with Gasteiger partial charge in [0.1, 0.15) is 11.6 Å². The molecule has 0 N–H and O–H groups in total. The summed E-state index contributed by atoms with van der Waals surface area (Å²) in [6.45, 7) is 6.24. The van der Waals surface area contributed by atoms with E-state index in [4.69, 9.17) is 21.3 Å². The number of fused-ring (bicyclic) bond motifs is 1. The topological polar surface area (TPSA) is 28.6 Å². The highest BCUT2D eigenvalue weighted by Gasteiger charge is 2.25. The average molecular weight is 470 g/mol. The van der Waals surface area contributed by atoms with Crippen LogP contribution < -0.4 is 9.80 Å². The molecule has 3 aromatic rings. The van der Waals surface area contributed by atoms with Gasteiger partial charge in [-0.2, -0.15) is 0 Å². The van der Waals surface area contributed by atoms with E-state index in [0.717, 1.165) is 85.9 Å². The predicted octanol–water partition coefficient (Wildman–Crippen LogP) is 5.78. The first-order chi connectivity index (χ1) is 16.0. The van der Waals surface area contributed by atoms with Crippen LogP contribution in [0.5, 0.6) is 0 Å². The molecular formula is C26H26ClF2N3O. The molecule has 0 saturated carbocycles. The number of nitrogens with zero attached hydrogens (tertiary/aromatic N) is 3. The summed E-state index contributed by atoms with van der Waals surface area (Å²) in [5.41, 5.74) is 6.55. The summed E-state index contributed by atoms with van der Waals surface area (Å²) < 4.78 is 34.0. The Morgan fingerprint density at radius 3 is 2.67 bits per heavy atom. The molecule has 3 heterocycles. The van der Waals surface area contributed by atoms with Crippen LogP contribution in [0, 0.1) is 18.6 Å². The number of rotatable bonds is 4. The van der Waals surface area contributed by atoms with Crippen molar-refractivity contribution in [2.45, 2.75) is 26.3 Å². The zero-order valence-electron chi connectivity index (χ0n) is 18.6. The maximum atomic E-state index is 14.5. The summed E-state index contributed by atoms with van der Waals surface area (Å²) >= 11 is 6.13. The van der Waals surface area contributed by atoms with Crippen molar-refractivity contribution in [3.05, 3.63) is 76.1 Å². The second kappa shape index (κ2) is 9.27. The van der Waals surface area contributed by atoms with E-state index in [1.54, 1.807) is 0 Å². The van der Waals surface area contributed by atoms with Crippen molar-refractivity contribution in [1.29, 1.82) is 0 Å². The Balaban J connectivity index is 1.52. The maximum Gasteiger partial charge on any atom is 0.142 e. The van der Waals surface area contributed by atoms with E-state index >= 15 is 0 Å². The normalized spacial score (nSPS) is 16.1. The van der Waals surface area contributed by atoms with Gasteiger partial charge in [-0.25, -0.2) is 8.78 Å². The van der Waals surface area contributed by atoms with E-state index in [-0.39, 0.29) is 17.1 Å². The van der Waals surface area contributed by atoms with Gasteiger partial charge in [0.15, 0.2) is 0 Å². The first kappa shape index (κ1) is 22.1. The van der Waals surface area contributed by atoms with E-state index in [9.17, 15) is 8.78 Å². The Kier molecular flexibility index (Phi) is 6.21. The monoisotopic (exact) mass is 469 g/mol. The lowest BCUT2D eigenvalue weighted by Gasteiger charge is -2.33. The SMILES string of the molecule is Cc1c(-c2cccc(N3CCOCC3)c2)cnc2c1N(Cc1c(F)ccc(F)c1Cl)CCC2. The fourth-order valence-electron chi connectivity index (χ4n) is 4.84. The molecule has 0 atom stereocenters. The Labute approximate surface area is 197 Å². The molecular weight excluding hydrogens is 444 g/mol. The van der Waals surface area contributed by atoms with Crippen LogP contribution in [0.2, 0.25) is 5.02 Å². The van der Waals surface area contributed by atoms with E-state index in [2.05, 4.69) is 41.0 Å². The lowest BCUT2D eigenvalue weighted by molar-refractivity contribution is 0.122. The van der Waals surface area contributed by atoms with Crippen LogP contribution in [-0.2, 0) is 17.7 Å². The van der Waals surface area contributed by atoms with Crippen LogP contribution in [0.15, 0.2) is 42.6 Å². The van der Waals surface area contributed by atoms with E-state index in [1.165, 1.54) is 5.69 Å². The molecule has 0 unspecified atom stereocenters. The first-order valence-corrected chi connectivity index (χ1v) is 11.7. The molecule has 0 radical (unpaired) electrons. The van der Waals surface area contributed by atoms with E-state index < -0.39 is 11.6 Å². The van der Waals surface area contributed by atoms with E-state index in [0.29, 0.717) is 0 Å².